The number of ether oxygens (including phenoxy) is 1. The van der Waals surface area contributed by atoms with Gasteiger partial charge in [0.15, 0.2) is 4.80 Å². The Labute approximate surface area is 148 Å². The fourth-order valence-corrected chi connectivity index (χ4v) is 3.71. The first-order valence-electron chi connectivity index (χ1n) is 7.54. The van der Waals surface area contributed by atoms with Crippen LogP contribution in [0.25, 0.3) is 10.2 Å². The summed E-state index contributed by atoms with van der Waals surface area (Å²) in [6, 6.07) is 7.31. The molecule has 1 aromatic carbocycles. The Morgan fingerprint density at radius 3 is 2.96 bits per heavy atom. The second kappa shape index (κ2) is 7.29. The molecule has 2 heterocycles. The molecule has 1 amide bonds. The van der Waals surface area contributed by atoms with E-state index in [0.29, 0.717) is 35.3 Å². The zero-order chi connectivity index (χ0) is 17.1. The lowest BCUT2D eigenvalue weighted by Gasteiger charge is -2.05. The van der Waals surface area contributed by atoms with Crippen LogP contribution in [-0.4, -0.2) is 33.5 Å². The molecule has 0 aliphatic rings. The maximum absolute atomic E-state index is 12.4. The summed E-state index contributed by atoms with van der Waals surface area (Å²) < 4.78 is 9.93. The van der Waals surface area contributed by atoms with Crippen molar-refractivity contribution in [1.82, 2.24) is 14.3 Å². The van der Waals surface area contributed by atoms with Gasteiger partial charge in [0.2, 0.25) is 0 Å². The van der Waals surface area contributed by atoms with E-state index in [2.05, 4.69) is 10.1 Å². The quantitative estimate of drug-likeness (QED) is 0.654. The highest BCUT2D eigenvalue weighted by atomic mass is 35.5. The topological polar surface area (TPSA) is 61.4 Å². The number of carbonyl (C=O) groups is 1. The van der Waals surface area contributed by atoms with Gasteiger partial charge in [0, 0.05) is 31.4 Å². The molecule has 6 nitrogen and oxygen atoms in total. The Kier molecular flexibility index (Phi) is 5.13. The first kappa shape index (κ1) is 16.9. The van der Waals surface area contributed by atoms with Crippen molar-refractivity contribution in [2.45, 2.75) is 13.5 Å². The molecular weight excluding hydrogens is 348 g/mol. The van der Waals surface area contributed by atoms with Crippen molar-refractivity contribution in [2.75, 3.05) is 13.2 Å². The fraction of sp³-hybridized carbons (Fsp3) is 0.312. The minimum Gasteiger partial charge on any atom is -0.380 e. The van der Waals surface area contributed by atoms with Gasteiger partial charge < -0.3 is 9.30 Å². The van der Waals surface area contributed by atoms with Crippen molar-refractivity contribution >= 4 is 39.1 Å². The van der Waals surface area contributed by atoms with Crippen molar-refractivity contribution in [1.29, 1.82) is 0 Å². The number of thiazole rings is 1. The maximum atomic E-state index is 12.4. The molecule has 0 aliphatic heterocycles. The standard InChI is InChI=1S/C16H17ClN4O2S/c1-3-23-9-8-21-12-5-4-11(17)10-14(12)24-16(21)19-15(22)13-6-7-18-20(13)2/h4-7,10H,3,8-9H2,1-2H3. The van der Waals surface area contributed by atoms with Crippen LogP contribution in [-0.2, 0) is 18.3 Å². The van der Waals surface area contributed by atoms with E-state index in [9.17, 15) is 4.79 Å². The SMILES string of the molecule is CCOCCn1c(=NC(=O)c2ccnn2C)sc2cc(Cl)ccc21. The smallest absolute Gasteiger partial charge is 0.297 e. The van der Waals surface area contributed by atoms with Crippen molar-refractivity contribution in [2.24, 2.45) is 12.0 Å². The average molecular weight is 365 g/mol. The second-order valence-corrected chi connectivity index (χ2v) is 6.55. The molecular formula is C16H17ClN4O2S. The van der Waals surface area contributed by atoms with Crippen LogP contribution in [0.15, 0.2) is 35.5 Å². The van der Waals surface area contributed by atoms with Crippen molar-refractivity contribution in [3.63, 3.8) is 0 Å². The summed E-state index contributed by atoms with van der Waals surface area (Å²) in [7, 11) is 1.72. The van der Waals surface area contributed by atoms with Gasteiger partial charge in [-0.1, -0.05) is 22.9 Å². The zero-order valence-corrected chi connectivity index (χ0v) is 15.0. The zero-order valence-electron chi connectivity index (χ0n) is 13.4. The summed E-state index contributed by atoms with van der Waals surface area (Å²) in [5.41, 5.74) is 1.43. The third-order valence-electron chi connectivity index (χ3n) is 3.55. The number of carbonyl (C=O) groups excluding carboxylic acids is 1. The van der Waals surface area contributed by atoms with Crippen molar-refractivity contribution < 1.29 is 9.53 Å². The molecule has 0 spiro atoms. The van der Waals surface area contributed by atoms with Crippen LogP contribution in [0.5, 0.6) is 0 Å². The van der Waals surface area contributed by atoms with Crippen LogP contribution in [0.1, 0.15) is 17.4 Å². The molecule has 0 unspecified atom stereocenters. The summed E-state index contributed by atoms with van der Waals surface area (Å²) >= 11 is 7.51. The summed E-state index contributed by atoms with van der Waals surface area (Å²) in [4.78, 5) is 17.3. The van der Waals surface area contributed by atoms with Gasteiger partial charge in [0.05, 0.1) is 16.8 Å². The van der Waals surface area contributed by atoms with Gasteiger partial charge >= 0.3 is 0 Å². The van der Waals surface area contributed by atoms with E-state index in [1.807, 2.05) is 29.7 Å². The Bertz CT molecular complexity index is 941. The van der Waals surface area contributed by atoms with Gasteiger partial charge in [-0.3, -0.25) is 9.48 Å². The molecule has 0 atom stereocenters. The predicted molar refractivity (Wildman–Crippen MR) is 94.4 cm³/mol. The van der Waals surface area contributed by atoms with E-state index in [-0.39, 0.29) is 5.91 Å². The highest BCUT2D eigenvalue weighted by molar-refractivity contribution is 7.16. The average Bonchev–Trinajstić information content (AvgIpc) is 3.11. The fourth-order valence-electron chi connectivity index (χ4n) is 2.38. The first-order valence-corrected chi connectivity index (χ1v) is 8.73. The first-order chi connectivity index (χ1) is 11.6. The van der Waals surface area contributed by atoms with E-state index < -0.39 is 0 Å². The highest BCUT2D eigenvalue weighted by Gasteiger charge is 2.12. The largest absolute Gasteiger partial charge is 0.380 e. The number of rotatable bonds is 5. The maximum Gasteiger partial charge on any atom is 0.297 e. The third kappa shape index (κ3) is 3.43. The lowest BCUT2D eigenvalue weighted by molar-refractivity contribution is 0.0987. The summed E-state index contributed by atoms with van der Waals surface area (Å²) in [6.07, 6.45) is 1.58. The van der Waals surface area contributed by atoms with Crippen LogP contribution in [0.2, 0.25) is 5.02 Å². The number of fused-ring (bicyclic) bond motifs is 1. The number of amides is 1. The van der Waals surface area contributed by atoms with Crippen molar-refractivity contribution in [3.05, 3.63) is 46.0 Å². The van der Waals surface area contributed by atoms with Gasteiger partial charge in [-0.25, -0.2) is 0 Å². The summed E-state index contributed by atoms with van der Waals surface area (Å²) in [5, 5.41) is 4.67. The minimum absolute atomic E-state index is 0.321. The molecule has 2 aromatic heterocycles. The summed E-state index contributed by atoms with van der Waals surface area (Å²) in [5.74, 6) is -0.321. The number of halogens is 1. The molecule has 0 radical (unpaired) electrons. The molecule has 0 saturated heterocycles. The van der Waals surface area contributed by atoms with Crippen molar-refractivity contribution in [3.8, 4) is 0 Å². The number of aromatic nitrogens is 3. The lowest BCUT2D eigenvalue weighted by Crippen LogP contribution is -2.20. The molecule has 3 rings (SSSR count). The van der Waals surface area contributed by atoms with E-state index in [1.165, 1.54) is 16.0 Å². The van der Waals surface area contributed by atoms with Crippen LogP contribution >= 0.6 is 22.9 Å². The number of nitrogens with zero attached hydrogens (tertiary/aromatic N) is 4. The second-order valence-electron chi connectivity index (χ2n) is 5.10. The Morgan fingerprint density at radius 2 is 2.25 bits per heavy atom. The molecule has 0 bridgehead atoms. The van der Waals surface area contributed by atoms with Crippen LogP contribution in [0.4, 0.5) is 0 Å². The minimum atomic E-state index is -0.321. The Morgan fingerprint density at radius 1 is 1.42 bits per heavy atom. The van der Waals surface area contributed by atoms with E-state index in [0.717, 1.165) is 10.2 Å². The van der Waals surface area contributed by atoms with Gasteiger partial charge in [-0.05, 0) is 31.2 Å². The molecule has 24 heavy (non-hydrogen) atoms. The summed E-state index contributed by atoms with van der Waals surface area (Å²) in [6.45, 7) is 3.77. The van der Waals surface area contributed by atoms with E-state index >= 15 is 0 Å². The molecule has 3 aromatic rings. The number of hydrogen-bond acceptors (Lipinski definition) is 4. The van der Waals surface area contributed by atoms with Gasteiger partial charge in [-0.2, -0.15) is 10.1 Å². The normalized spacial score (nSPS) is 12.2. The number of benzene rings is 1. The molecule has 8 heteroatoms. The Hall–Kier alpha value is -1.96. The molecule has 0 saturated carbocycles. The van der Waals surface area contributed by atoms with Gasteiger partial charge in [0.1, 0.15) is 5.69 Å². The monoisotopic (exact) mass is 364 g/mol. The number of aryl methyl sites for hydroxylation is 1. The number of hydrogen-bond donors (Lipinski definition) is 0. The molecule has 0 N–H and O–H groups in total. The van der Waals surface area contributed by atoms with E-state index in [4.69, 9.17) is 16.3 Å². The third-order valence-corrected chi connectivity index (χ3v) is 4.82. The predicted octanol–water partition coefficient (Wildman–Crippen LogP) is 2.87. The molecule has 0 aliphatic carbocycles. The molecule has 0 fully saturated rings. The Balaban J connectivity index is 2.08. The van der Waals surface area contributed by atoms with Crippen LogP contribution < -0.4 is 4.80 Å². The van der Waals surface area contributed by atoms with E-state index in [1.54, 1.807) is 19.3 Å². The molecule has 126 valence electrons. The van der Waals surface area contributed by atoms with Gasteiger partial charge in [0.25, 0.3) is 5.91 Å². The van der Waals surface area contributed by atoms with Crippen LogP contribution in [0, 0.1) is 0 Å². The lowest BCUT2D eigenvalue weighted by atomic mass is 10.3. The highest BCUT2D eigenvalue weighted by Crippen LogP contribution is 2.22. The van der Waals surface area contributed by atoms with Crippen LogP contribution in [0.3, 0.4) is 0 Å². The van der Waals surface area contributed by atoms with Gasteiger partial charge in [-0.15, -0.1) is 0 Å².